The molecule has 1 amide bonds. The van der Waals surface area contributed by atoms with Crippen molar-refractivity contribution in [3.63, 3.8) is 0 Å². The molecule has 23 heavy (non-hydrogen) atoms. The third-order valence-electron chi connectivity index (χ3n) is 2.68. The molecule has 7 nitrogen and oxygen atoms in total. The number of nitrogens with one attached hydrogen (secondary N) is 1. The molecule has 0 fully saturated rings. The summed E-state index contributed by atoms with van der Waals surface area (Å²) in [7, 11) is 1.44. The van der Waals surface area contributed by atoms with Gasteiger partial charge in [-0.3, -0.25) is 5.32 Å². The molecule has 0 saturated carbocycles. The highest BCUT2D eigenvalue weighted by molar-refractivity contribution is 5.87. The maximum atomic E-state index is 11.9. The van der Waals surface area contributed by atoms with Gasteiger partial charge in [0.15, 0.2) is 6.10 Å². The van der Waals surface area contributed by atoms with Gasteiger partial charge in [-0.15, -0.1) is 0 Å². The molecule has 0 aliphatic carbocycles. The third kappa shape index (κ3) is 5.78. The number of carbonyl (C=O) groups is 2. The second-order valence-electron chi connectivity index (χ2n) is 5.74. The summed E-state index contributed by atoms with van der Waals surface area (Å²) in [5.74, 6) is -0.392. The maximum absolute atomic E-state index is 11.9. The maximum Gasteiger partial charge on any atom is 0.412 e. The van der Waals surface area contributed by atoms with Crippen LogP contribution in [0.25, 0.3) is 0 Å². The summed E-state index contributed by atoms with van der Waals surface area (Å²) >= 11 is 0. The van der Waals surface area contributed by atoms with Gasteiger partial charge in [0.05, 0.1) is 19.4 Å². The van der Waals surface area contributed by atoms with Crippen LogP contribution in [0.5, 0.6) is 5.75 Å². The third-order valence-corrected chi connectivity index (χ3v) is 2.68. The lowest BCUT2D eigenvalue weighted by molar-refractivity contribution is -0.153. The standard InChI is InChI=1S/C16H23NO6/c1-6-22-14(19)13(18)10-7-8-12(21-5)11(9-10)17-15(20)23-16(2,3)4/h7-9,13,18H,6H2,1-5H3,(H,17,20). The van der Waals surface area contributed by atoms with Crippen LogP contribution < -0.4 is 10.1 Å². The highest BCUT2D eigenvalue weighted by atomic mass is 16.6. The first-order valence-corrected chi connectivity index (χ1v) is 7.20. The number of ether oxygens (including phenoxy) is 3. The van der Waals surface area contributed by atoms with Gasteiger partial charge in [-0.05, 0) is 45.4 Å². The SMILES string of the molecule is CCOC(=O)C(O)c1ccc(OC)c(NC(=O)OC(C)(C)C)c1. The predicted octanol–water partition coefficient (Wildman–Crippen LogP) is 2.64. The van der Waals surface area contributed by atoms with E-state index >= 15 is 0 Å². The van der Waals surface area contributed by atoms with E-state index in [2.05, 4.69) is 5.32 Å². The Morgan fingerprint density at radius 1 is 1.30 bits per heavy atom. The topological polar surface area (TPSA) is 94.1 Å². The van der Waals surface area contributed by atoms with Gasteiger partial charge < -0.3 is 19.3 Å². The fourth-order valence-corrected chi connectivity index (χ4v) is 1.76. The minimum Gasteiger partial charge on any atom is -0.495 e. The van der Waals surface area contributed by atoms with Gasteiger partial charge >= 0.3 is 12.1 Å². The molecule has 2 N–H and O–H groups in total. The van der Waals surface area contributed by atoms with Gasteiger partial charge in [0, 0.05) is 0 Å². The number of anilines is 1. The fraction of sp³-hybridized carbons (Fsp3) is 0.500. The summed E-state index contributed by atoms with van der Waals surface area (Å²) in [5.41, 5.74) is -0.0998. The van der Waals surface area contributed by atoms with Crippen LogP contribution in [0.2, 0.25) is 0 Å². The normalized spacial score (nSPS) is 12.3. The molecule has 128 valence electrons. The van der Waals surface area contributed by atoms with Crippen LogP contribution in [-0.4, -0.2) is 36.5 Å². The first kappa shape index (κ1) is 18.8. The van der Waals surface area contributed by atoms with Crippen molar-refractivity contribution in [2.75, 3.05) is 19.0 Å². The van der Waals surface area contributed by atoms with Gasteiger partial charge in [0.2, 0.25) is 0 Å². The first-order valence-electron chi connectivity index (χ1n) is 7.20. The molecule has 0 aliphatic heterocycles. The van der Waals surface area contributed by atoms with E-state index < -0.39 is 23.8 Å². The highest BCUT2D eigenvalue weighted by Crippen LogP contribution is 2.29. The Labute approximate surface area is 135 Å². The molecular weight excluding hydrogens is 302 g/mol. The van der Waals surface area contributed by atoms with Gasteiger partial charge in [0.25, 0.3) is 0 Å². The molecule has 1 unspecified atom stereocenters. The fourth-order valence-electron chi connectivity index (χ4n) is 1.76. The van der Waals surface area contributed by atoms with Gasteiger partial charge in [-0.2, -0.15) is 0 Å². The molecule has 0 saturated heterocycles. The van der Waals surface area contributed by atoms with Crippen molar-refractivity contribution < 1.29 is 28.9 Å². The van der Waals surface area contributed by atoms with E-state index in [-0.39, 0.29) is 17.9 Å². The largest absolute Gasteiger partial charge is 0.495 e. The molecule has 1 aromatic rings. The Morgan fingerprint density at radius 2 is 1.96 bits per heavy atom. The van der Waals surface area contributed by atoms with E-state index in [1.807, 2.05) is 0 Å². The van der Waals surface area contributed by atoms with Crippen molar-refractivity contribution in [3.8, 4) is 5.75 Å². The van der Waals surface area contributed by atoms with Crippen molar-refractivity contribution in [2.24, 2.45) is 0 Å². The monoisotopic (exact) mass is 325 g/mol. The predicted molar refractivity (Wildman–Crippen MR) is 84.4 cm³/mol. The lowest BCUT2D eigenvalue weighted by Crippen LogP contribution is -2.27. The number of methoxy groups -OCH3 is 1. The Morgan fingerprint density at radius 3 is 2.48 bits per heavy atom. The van der Waals surface area contributed by atoms with Crippen molar-refractivity contribution in [1.82, 2.24) is 0 Å². The average Bonchev–Trinajstić information content (AvgIpc) is 2.44. The number of rotatable bonds is 5. The van der Waals surface area contributed by atoms with E-state index in [0.29, 0.717) is 5.75 Å². The van der Waals surface area contributed by atoms with Crippen LogP contribution >= 0.6 is 0 Å². The molecule has 0 radical (unpaired) electrons. The Kier molecular flexibility index (Phi) is 6.38. The molecule has 0 heterocycles. The molecule has 0 aliphatic rings. The quantitative estimate of drug-likeness (QED) is 0.808. The molecule has 1 rings (SSSR count). The van der Waals surface area contributed by atoms with E-state index in [1.54, 1.807) is 27.7 Å². The zero-order chi connectivity index (χ0) is 17.6. The van der Waals surface area contributed by atoms with Crippen molar-refractivity contribution in [3.05, 3.63) is 23.8 Å². The molecule has 0 bridgehead atoms. The van der Waals surface area contributed by atoms with Gasteiger partial charge in [0.1, 0.15) is 11.4 Å². The van der Waals surface area contributed by atoms with E-state index in [4.69, 9.17) is 14.2 Å². The smallest absolute Gasteiger partial charge is 0.412 e. The summed E-state index contributed by atoms with van der Waals surface area (Å²) in [5, 5.41) is 12.5. The van der Waals surface area contributed by atoms with Crippen molar-refractivity contribution >= 4 is 17.7 Å². The zero-order valence-electron chi connectivity index (χ0n) is 14.0. The summed E-state index contributed by atoms with van der Waals surface area (Å²) in [4.78, 5) is 23.5. The second-order valence-corrected chi connectivity index (χ2v) is 5.74. The number of benzene rings is 1. The molecular formula is C16H23NO6. The minimum atomic E-state index is -1.44. The Balaban J connectivity index is 2.99. The average molecular weight is 325 g/mol. The Hall–Kier alpha value is -2.28. The molecule has 0 aromatic heterocycles. The number of aliphatic hydroxyl groups excluding tert-OH is 1. The van der Waals surface area contributed by atoms with E-state index in [9.17, 15) is 14.7 Å². The number of amides is 1. The van der Waals surface area contributed by atoms with Crippen LogP contribution in [0.3, 0.4) is 0 Å². The van der Waals surface area contributed by atoms with Crippen LogP contribution in [0, 0.1) is 0 Å². The lowest BCUT2D eigenvalue weighted by atomic mass is 10.1. The number of hydrogen-bond acceptors (Lipinski definition) is 6. The Bertz CT molecular complexity index is 564. The molecule has 7 heteroatoms. The summed E-state index contributed by atoms with van der Waals surface area (Å²) < 4.78 is 15.1. The molecule has 1 atom stereocenters. The second kappa shape index (κ2) is 7.82. The zero-order valence-corrected chi connectivity index (χ0v) is 14.0. The number of carbonyl (C=O) groups excluding carboxylic acids is 2. The summed E-state index contributed by atoms with van der Waals surface area (Å²) in [6, 6.07) is 4.48. The van der Waals surface area contributed by atoms with Crippen molar-refractivity contribution in [1.29, 1.82) is 0 Å². The van der Waals surface area contributed by atoms with Crippen molar-refractivity contribution in [2.45, 2.75) is 39.4 Å². The van der Waals surface area contributed by atoms with E-state index in [1.165, 1.54) is 25.3 Å². The van der Waals surface area contributed by atoms with Crippen LogP contribution in [0.1, 0.15) is 39.4 Å². The van der Waals surface area contributed by atoms with Gasteiger partial charge in [-0.25, -0.2) is 9.59 Å². The highest BCUT2D eigenvalue weighted by Gasteiger charge is 2.22. The van der Waals surface area contributed by atoms with Gasteiger partial charge in [-0.1, -0.05) is 6.07 Å². The van der Waals surface area contributed by atoms with E-state index in [0.717, 1.165) is 0 Å². The summed E-state index contributed by atoms with van der Waals surface area (Å²) in [6.45, 7) is 7.03. The summed E-state index contributed by atoms with van der Waals surface area (Å²) in [6.07, 6.45) is -2.11. The lowest BCUT2D eigenvalue weighted by Gasteiger charge is -2.20. The first-order chi connectivity index (χ1) is 10.7. The van der Waals surface area contributed by atoms with Crippen LogP contribution in [0.15, 0.2) is 18.2 Å². The molecule has 1 aromatic carbocycles. The number of aliphatic hydroxyl groups is 1. The number of esters is 1. The molecule has 0 spiro atoms. The minimum absolute atomic E-state index is 0.162. The van der Waals surface area contributed by atoms with Crippen LogP contribution in [0.4, 0.5) is 10.5 Å². The van der Waals surface area contributed by atoms with Crippen LogP contribution in [-0.2, 0) is 14.3 Å². The number of hydrogen-bond donors (Lipinski definition) is 2.